The first-order valence-corrected chi connectivity index (χ1v) is 5.59. The van der Waals surface area contributed by atoms with Crippen LogP contribution in [0.5, 0.6) is 5.75 Å². The van der Waals surface area contributed by atoms with Crippen molar-refractivity contribution in [1.82, 2.24) is 0 Å². The fourth-order valence-corrected chi connectivity index (χ4v) is 1.83. The van der Waals surface area contributed by atoms with Crippen LogP contribution >= 0.6 is 15.9 Å². The summed E-state index contributed by atoms with van der Waals surface area (Å²) in [5, 5.41) is 0. The lowest BCUT2D eigenvalue weighted by molar-refractivity contribution is 0.415. The van der Waals surface area contributed by atoms with Crippen LogP contribution in [0, 0.1) is 5.82 Å². The molecule has 0 heterocycles. The maximum Gasteiger partial charge on any atom is 0.132 e. The van der Waals surface area contributed by atoms with Gasteiger partial charge in [-0.15, -0.1) is 0 Å². The van der Waals surface area contributed by atoms with E-state index in [0.717, 1.165) is 15.8 Å². The van der Waals surface area contributed by atoms with Crippen LogP contribution in [0.15, 0.2) is 46.9 Å². The zero-order valence-electron chi connectivity index (χ0n) is 8.71. The minimum Gasteiger partial charge on any atom is -0.497 e. The van der Waals surface area contributed by atoms with Gasteiger partial charge in [-0.25, -0.2) is 4.39 Å². The molecule has 2 aromatic rings. The minimum absolute atomic E-state index is 0.237. The van der Waals surface area contributed by atoms with Gasteiger partial charge >= 0.3 is 0 Å². The van der Waals surface area contributed by atoms with Gasteiger partial charge in [-0.05, 0) is 29.8 Å². The van der Waals surface area contributed by atoms with Gasteiger partial charge < -0.3 is 4.74 Å². The molecule has 0 unspecified atom stereocenters. The van der Waals surface area contributed by atoms with Crippen LogP contribution in [0.25, 0.3) is 11.1 Å². The second-order valence-electron chi connectivity index (χ2n) is 3.35. The van der Waals surface area contributed by atoms with E-state index in [1.807, 2.05) is 30.3 Å². The Hall–Kier alpha value is -1.35. The molecule has 0 atom stereocenters. The molecule has 0 N–H and O–H groups in total. The lowest BCUT2D eigenvalue weighted by atomic mass is 10.1. The van der Waals surface area contributed by atoms with Gasteiger partial charge in [0.2, 0.25) is 0 Å². The highest BCUT2D eigenvalue weighted by molar-refractivity contribution is 9.10. The van der Waals surface area contributed by atoms with Crippen LogP contribution in [-0.4, -0.2) is 7.11 Å². The van der Waals surface area contributed by atoms with Crippen LogP contribution < -0.4 is 4.74 Å². The van der Waals surface area contributed by atoms with Crippen molar-refractivity contribution < 1.29 is 9.13 Å². The summed E-state index contributed by atoms with van der Waals surface area (Å²) in [5.74, 6) is 0.529. The maximum absolute atomic E-state index is 13.7. The third kappa shape index (κ3) is 2.25. The highest BCUT2D eigenvalue weighted by Gasteiger charge is 2.05. The van der Waals surface area contributed by atoms with Crippen molar-refractivity contribution >= 4 is 15.9 Å². The molecule has 0 aliphatic rings. The van der Waals surface area contributed by atoms with Crippen molar-refractivity contribution in [3.05, 3.63) is 52.8 Å². The van der Waals surface area contributed by atoms with E-state index >= 15 is 0 Å². The average Bonchev–Trinajstić information content (AvgIpc) is 2.29. The predicted octanol–water partition coefficient (Wildman–Crippen LogP) is 4.26. The van der Waals surface area contributed by atoms with Gasteiger partial charge in [0.1, 0.15) is 11.6 Å². The van der Waals surface area contributed by atoms with E-state index in [1.54, 1.807) is 13.2 Å². The number of halogens is 2. The molecule has 0 spiro atoms. The summed E-state index contributed by atoms with van der Waals surface area (Å²) < 4.78 is 19.4. The average molecular weight is 281 g/mol. The lowest BCUT2D eigenvalue weighted by Crippen LogP contribution is -1.86. The highest BCUT2D eigenvalue weighted by atomic mass is 79.9. The third-order valence-electron chi connectivity index (χ3n) is 2.33. The SMILES string of the molecule is COc1ccc(-c2ccc(Br)cc2F)cc1. The lowest BCUT2D eigenvalue weighted by Gasteiger charge is -2.05. The van der Waals surface area contributed by atoms with Crippen LogP contribution in [0.4, 0.5) is 4.39 Å². The maximum atomic E-state index is 13.7. The van der Waals surface area contributed by atoms with E-state index in [1.165, 1.54) is 6.07 Å². The molecule has 0 saturated heterocycles. The Bertz CT molecular complexity index is 494. The molecule has 0 aliphatic carbocycles. The van der Waals surface area contributed by atoms with E-state index in [0.29, 0.717) is 5.56 Å². The van der Waals surface area contributed by atoms with E-state index in [2.05, 4.69) is 15.9 Å². The van der Waals surface area contributed by atoms with Gasteiger partial charge in [0.05, 0.1) is 7.11 Å². The van der Waals surface area contributed by atoms with Crippen molar-refractivity contribution in [3.8, 4) is 16.9 Å². The summed E-state index contributed by atoms with van der Waals surface area (Å²) in [6.07, 6.45) is 0. The summed E-state index contributed by atoms with van der Waals surface area (Å²) in [6.45, 7) is 0. The van der Waals surface area contributed by atoms with Gasteiger partial charge in [0.25, 0.3) is 0 Å². The molecule has 2 aromatic carbocycles. The first kappa shape index (κ1) is 11.1. The second-order valence-corrected chi connectivity index (χ2v) is 4.27. The van der Waals surface area contributed by atoms with E-state index in [4.69, 9.17) is 4.74 Å². The predicted molar refractivity (Wildman–Crippen MR) is 66.1 cm³/mol. The van der Waals surface area contributed by atoms with Crippen molar-refractivity contribution in [1.29, 1.82) is 0 Å². The van der Waals surface area contributed by atoms with Crippen LogP contribution in [0.3, 0.4) is 0 Å². The quantitative estimate of drug-likeness (QED) is 0.799. The Morgan fingerprint density at radius 2 is 1.75 bits per heavy atom. The Morgan fingerprint density at radius 1 is 1.06 bits per heavy atom. The van der Waals surface area contributed by atoms with Crippen molar-refractivity contribution in [2.24, 2.45) is 0 Å². The van der Waals surface area contributed by atoms with Crippen LogP contribution in [0.1, 0.15) is 0 Å². The Balaban J connectivity index is 2.42. The Labute approximate surface area is 102 Å². The smallest absolute Gasteiger partial charge is 0.132 e. The molecule has 0 bridgehead atoms. The number of ether oxygens (including phenoxy) is 1. The molecule has 3 heteroatoms. The molecule has 16 heavy (non-hydrogen) atoms. The first-order valence-electron chi connectivity index (χ1n) is 4.80. The van der Waals surface area contributed by atoms with Crippen molar-refractivity contribution in [2.75, 3.05) is 7.11 Å². The molecule has 2 rings (SSSR count). The fourth-order valence-electron chi connectivity index (χ4n) is 1.49. The van der Waals surface area contributed by atoms with Crippen molar-refractivity contribution in [2.45, 2.75) is 0 Å². The minimum atomic E-state index is -0.237. The summed E-state index contributed by atoms with van der Waals surface area (Å²) in [5.41, 5.74) is 1.43. The molecule has 0 aliphatic heterocycles. The number of methoxy groups -OCH3 is 1. The number of benzene rings is 2. The van der Waals surface area contributed by atoms with Gasteiger partial charge in [0, 0.05) is 10.0 Å². The summed E-state index contributed by atoms with van der Waals surface area (Å²) in [4.78, 5) is 0. The molecule has 0 amide bonds. The van der Waals surface area contributed by atoms with Gasteiger partial charge in [-0.3, -0.25) is 0 Å². The van der Waals surface area contributed by atoms with E-state index < -0.39 is 0 Å². The Kier molecular flexibility index (Phi) is 3.25. The first-order chi connectivity index (χ1) is 7.70. The molecule has 0 fully saturated rings. The molecule has 1 nitrogen and oxygen atoms in total. The monoisotopic (exact) mass is 280 g/mol. The normalized spacial score (nSPS) is 10.2. The summed E-state index contributed by atoms with van der Waals surface area (Å²) >= 11 is 3.23. The van der Waals surface area contributed by atoms with Gasteiger partial charge in [-0.1, -0.05) is 34.1 Å². The van der Waals surface area contributed by atoms with Gasteiger partial charge in [0.15, 0.2) is 0 Å². The van der Waals surface area contributed by atoms with Crippen LogP contribution in [0.2, 0.25) is 0 Å². The van der Waals surface area contributed by atoms with Crippen molar-refractivity contribution in [3.63, 3.8) is 0 Å². The van der Waals surface area contributed by atoms with Gasteiger partial charge in [-0.2, -0.15) is 0 Å². The summed E-state index contributed by atoms with van der Waals surface area (Å²) in [6, 6.07) is 12.3. The number of hydrogen-bond acceptors (Lipinski definition) is 1. The van der Waals surface area contributed by atoms with Crippen LogP contribution in [-0.2, 0) is 0 Å². The van der Waals surface area contributed by atoms with E-state index in [9.17, 15) is 4.39 Å². The Morgan fingerprint density at radius 3 is 2.31 bits per heavy atom. The highest BCUT2D eigenvalue weighted by Crippen LogP contribution is 2.26. The summed E-state index contributed by atoms with van der Waals surface area (Å²) in [7, 11) is 1.61. The molecule has 0 radical (unpaired) electrons. The third-order valence-corrected chi connectivity index (χ3v) is 2.83. The fraction of sp³-hybridized carbons (Fsp3) is 0.0769. The molecule has 82 valence electrons. The molecule has 0 saturated carbocycles. The standard InChI is InChI=1S/C13H10BrFO/c1-16-11-5-2-9(3-6-11)12-7-4-10(14)8-13(12)15/h2-8H,1H3. The number of hydrogen-bond donors (Lipinski definition) is 0. The topological polar surface area (TPSA) is 9.23 Å². The largest absolute Gasteiger partial charge is 0.497 e. The second kappa shape index (κ2) is 4.66. The zero-order chi connectivity index (χ0) is 11.5. The molecule has 0 aromatic heterocycles. The van der Waals surface area contributed by atoms with E-state index in [-0.39, 0.29) is 5.82 Å². The number of rotatable bonds is 2. The molecular formula is C13H10BrFO. The zero-order valence-corrected chi connectivity index (χ0v) is 10.3. The molecular weight excluding hydrogens is 271 g/mol.